The first kappa shape index (κ1) is 17.2. The van der Waals surface area contributed by atoms with E-state index in [1.807, 2.05) is 0 Å². The number of nitrogens with one attached hydrogen (secondary N) is 1. The van der Waals surface area contributed by atoms with Crippen LogP contribution < -0.4 is 5.32 Å². The summed E-state index contributed by atoms with van der Waals surface area (Å²) in [5.41, 5.74) is -0.222. The Morgan fingerprint density at radius 3 is 2.78 bits per heavy atom. The lowest BCUT2D eigenvalue weighted by atomic mass is 10.2. The van der Waals surface area contributed by atoms with Crippen LogP contribution in [0.15, 0.2) is 23.2 Å². The van der Waals surface area contributed by atoms with Crippen LogP contribution in [0.2, 0.25) is 0 Å². The van der Waals surface area contributed by atoms with Crippen LogP contribution in [0.1, 0.15) is 26.3 Å². The Hall–Kier alpha value is -2.18. The molecular weight excluding hydrogens is 304 g/mol. The second-order valence-corrected chi connectivity index (χ2v) is 6.32. The molecule has 0 atom stereocenters. The quantitative estimate of drug-likeness (QED) is 0.909. The molecule has 1 heterocycles. The minimum Gasteiger partial charge on any atom is -0.444 e. The van der Waals surface area contributed by atoms with E-state index in [0.717, 1.165) is 6.07 Å². The molecule has 7 heteroatoms. The third-order valence-electron chi connectivity index (χ3n) is 3.16. The standard InChI is InChI=1S/C16H21F2N3O2/c1-16(2,3)23-15(22)21-7-6-19-14(10-21)20-9-11-4-5-12(17)8-13(11)18/h4-5,8H,6-7,9-10H2,1-3H3,(H,19,20). The van der Waals surface area contributed by atoms with Crippen molar-refractivity contribution in [2.45, 2.75) is 32.9 Å². The summed E-state index contributed by atoms with van der Waals surface area (Å²) < 4.78 is 31.8. The highest BCUT2D eigenvalue weighted by atomic mass is 19.1. The normalized spacial score (nSPS) is 15.2. The summed E-state index contributed by atoms with van der Waals surface area (Å²) in [6.45, 7) is 6.79. The van der Waals surface area contributed by atoms with Crippen LogP contribution >= 0.6 is 0 Å². The largest absolute Gasteiger partial charge is 0.444 e. The lowest BCUT2D eigenvalue weighted by Crippen LogP contribution is -2.47. The summed E-state index contributed by atoms with van der Waals surface area (Å²) in [6, 6.07) is 3.43. The molecule has 0 spiro atoms. The SMILES string of the molecule is CC(C)(C)OC(=O)N1CCN=C(NCc2ccc(F)cc2F)C1. The molecule has 0 aromatic heterocycles. The van der Waals surface area contributed by atoms with Gasteiger partial charge in [-0.1, -0.05) is 6.07 Å². The second-order valence-electron chi connectivity index (χ2n) is 6.32. The third-order valence-corrected chi connectivity index (χ3v) is 3.16. The Labute approximate surface area is 134 Å². The minimum atomic E-state index is -0.614. The van der Waals surface area contributed by atoms with Crippen molar-refractivity contribution in [3.63, 3.8) is 0 Å². The van der Waals surface area contributed by atoms with E-state index in [4.69, 9.17) is 4.74 Å². The molecule has 5 nitrogen and oxygen atoms in total. The molecule has 1 aromatic rings. The number of rotatable bonds is 2. The number of halogens is 2. The summed E-state index contributed by atoms with van der Waals surface area (Å²) >= 11 is 0. The van der Waals surface area contributed by atoms with Crippen molar-refractivity contribution in [1.82, 2.24) is 10.2 Å². The molecule has 126 valence electrons. The summed E-state index contributed by atoms with van der Waals surface area (Å²) in [5, 5.41) is 2.98. The molecule has 0 bridgehead atoms. The number of carbonyl (C=O) groups is 1. The molecule has 0 aliphatic carbocycles. The summed E-state index contributed by atoms with van der Waals surface area (Å²) in [5.74, 6) is -0.652. The molecule has 0 fully saturated rings. The van der Waals surface area contributed by atoms with E-state index < -0.39 is 23.3 Å². The van der Waals surface area contributed by atoms with E-state index in [-0.39, 0.29) is 13.1 Å². The number of aliphatic imine (C=N–C) groups is 1. The number of carbonyl (C=O) groups excluding carboxylic acids is 1. The number of hydrogen-bond donors (Lipinski definition) is 1. The number of nitrogens with zero attached hydrogens (tertiary/aromatic N) is 2. The van der Waals surface area contributed by atoms with Crippen LogP contribution in [-0.2, 0) is 11.3 Å². The van der Waals surface area contributed by atoms with Crippen molar-refractivity contribution in [3.05, 3.63) is 35.4 Å². The predicted octanol–water partition coefficient (Wildman–Crippen LogP) is 2.70. The average Bonchev–Trinajstić information content (AvgIpc) is 2.45. The van der Waals surface area contributed by atoms with Crippen molar-refractivity contribution < 1.29 is 18.3 Å². The lowest BCUT2D eigenvalue weighted by Gasteiger charge is -2.30. The number of hydrogen-bond acceptors (Lipinski definition) is 4. The fourth-order valence-electron chi connectivity index (χ4n) is 2.07. The maximum absolute atomic E-state index is 13.6. The minimum absolute atomic E-state index is 0.174. The fourth-order valence-corrected chi connectivity index (χ4v) is 2.07. The first-order chi connectivity index (χ1) is 10.7. The topological polar surface area (TPSA) is 53.9 Å². The Bertz CT molecular complexity index is 612. The van der Waals surface area contributed by atoms with Gasteiger partial charge in [0.05, 0.1) is 13.1 Å². The molecule has 1 N–H and O–H groups in total. The first-order valence-electron chi connectivity index (χ1n) is 7.43. The predicted molar refractivity (Wildman–Crippen MR) is 83.3 cm³/mol. The zero-order valence-electron chi connectivity index (χ0n) is 13.5. The maximum atomic E-state index is 13.6. The number of amidine groups is 1. The van der Waals surface area contributed by atoms with Crippen molar-refractivity contribution in [3.8, 4) is 0 Å². The average molecular weight is 325 g/mol. The van der Waals surface area contributed by atoms with Crippen LogP contribution in [0.3, 0.4) is 0 Å². The van der Waals surface area contributed by atoms with Crippen molar-refractivity contribution in [1.29, 1.82) is 0 Å². The van der Waals surface area contributed by atoms with Crippen LogP contribution in [0.4, 0.5) is 13.6 Å². The molecule has 1 aliphatic rings. The van der Waals surface area contributed by atoms with Gasteiger partial charge in [-0.05, 0) is 26.8 Å². The molecule has 0 saturated carbocycles. The highest BCUT2D eigenvalue weighted by Gasteiger charge is 2.24. The molecule has 23 heavy (non-hydrogen) atoms. The number of benzene rings is 1. The first-order valence-corrected chi connectivity index (χ1v) is 7.43. The third kappa shape index (κ3) is 5.19. The summed E-state index contributed by atoms with van der Waals surface area (Å²) in [6.07, 6.45) is -0.403. The molecule has 0 unspecified atom stereocenters. The summed E-state index contributed by atoms with van der Waals surface area (Å²) in [7, 11) is 0. The van der Waals surface area contributed by atoms with Gasteiger partial charge in [0.15, 0.2) is 0 Å². The zero-order valence-corrected chi connectivity index (χ0v) is 13.5. The number of ether oxygens (including phenoxy) is 1. The van der Waals surface area contributed by atoms with Gasteiger partial charge in [-0.2, -0.15) is 0 Å². The Kier molecular flexibility index (Phi) is 5.18. The Morgan fingerprint density at radius 1 is 1.39 bits per heavy atom. The van der Waals surface area contributed by atoms with Gasteiger partial charge < -0.3 is 10.1 Å². The van der Waals surface area contributed by atoms with E-state index in [0.29, 0.717) is 24.5 Å². The lowest BCUT2D eigenvalue weighted by molar-refractivity contribution is 0.0276. The molecule has 1 aliphatic heterocycles. The fraction of sp³-hybridized carbons (Fsp3) is 0.500. The van der Waals surface area contributed by atoms with Gasteiger partial charge in [-0.15, -0.1) is 0 Å². The van der Waals surface area contributed by atoms with Gasteiger partial charge in [-0.25, -0.2) is 13.6 Å². The molecule has 0 radical (unpaired) electrons. The molecule has 1 aromatic carbocycles. The Balaban J connectivity index is 1.91. The molecule has 0 saturated heterocycles. The second kappa shape index (κ2) is 6.93. The van der Waals surface area contributed by atoms with E-state index >= 15 is 0 Å². The van der Waals surface area contributed by atoms with Gasteiger partial charge in [0.2, 0.25) is 0 Å². The monoisotopic (exact) mass is 325 g/mol. The highest BCUT2D eigenvalue weighted by molar-refractivity contribution is 5.87. The molecular formula is C16H21F2N3O2. The van der Waals surface area contributed by atoms with Gasteiger partial charge in [-0.3, -0.25) is 9.89 Å². The van der Waals surface area contributed by atoms with Crippen molar-refractivity contribution in [2.75, 3.05) is 19.6 Å². The van der Waals surface area contributed by atoms with E-state index in [9.17, 15) is 13.6 Å². The number of amides is 1. The van der Waals surface area contributed by atoms with Crippen LogP contribution in [0.25, 0.3) is 0 Å². The summed E-state index contributed by atoms with van der Waals surface area (Å²) in [4.78, 5) is 17.9. The highest BCUT2D eigenvalue weighted by Crippen LogP contribution is 2.12. The van der Waals surface area contributed by atoms with Crippen LogP contribution in [0, 0.1) is 11.6 Å². The van der Waals surface area contributed by atoms with E-state index in [1.165, 1.54) is 12.1 Å². The van der Waals surface area contributed by atoms with Gasteiger partial charge in [0.1, 0.15) is 23.1 Å². The smallest absolute Gasteiger partial charge is 0.410 e. The van der Waals surface area contributed by atoms with E-state index in [2.05, 4.69) is 10.3 Å². The van der Waals surface area contributed by atoms with Gasteiger partial charge in [0.25, 0.3) is 0 Å². The van der Waals surface area contributed by atoms with Crippen molar-refractivity contribution >= 4 is 11.9 Å². The van der Waals surface area contributed by atoms with Crippen LogP contribution in [0.5, 0.6) is 0 Å². The van der Waals surface area contributed by atoms with Crippen LogP contribution in [-0.4, -0.2) is 42.1 Å². The van der Waals surface area contributed by atoms with Crippen molar-refractivity contribution in [2.24, 2.45) is 4.99 Å². The van der Waals surface area contributed by atoms with Gasteiger partial charge >= 0.3 is 6.09 Å². The molecule has 2 rings (SSSR count). The van der Waals surface area contributed by atoms with Gasteiger partial charge in [0, 0.05) is 24.7 Å². The Morgan fingerprint density at radius 2 is 2.13 bits per heavy atom. The maximum Gasteiger partial charge on any atom is 0.410 e. The zero-order chi connectivity index (χ0) is 17.0. The van der Waals surface area contributed by atoms with E-state index in [1.54, 1.807) is 25.7 Å². The molecule has 1 amide bonds.